The van der Waals surface area contributed by atoms with E-state index in [4.69, 9.17) is 4.99 Å². The fraction of sp³-hybridized carbons (Fsp3) is 0.400. The van der Waals surface area contributed by atoms with Gasteiger partial charge in [0.1, 0.15) is 6.17 Å². The van der Waals surface area contributed by atoms with Gasteiger partial charge >= 0.3 is 0 Å². The summed E-state index contributed by atoms with van der Waals surface area (Å²) in [7, 11) is 4.19. The molecule has 6 nitrogen and oxygen atoms in total. The first kappa shape index (κ1) is 24.3. The van der Waals surface area contributed by atoms with Gasteiger partial charge in [-0.05, 0) is 74.7 Å². The van der Waals surface area contributed by atoms with Gasteiger partial charge in [0, 0.05) is 49.2 Å². The minimum Gasteiger partial charge on any atom is -0.357 e. The van der Waals surface area contributed by atoms with Gasteiger partial charge in [0.05, 0.1) is 6.67 Å². The highest BCUT2D eigenvalue weighted by molar-refractivity contribution is 5.76. The summed E-state index contributed by atoms with van der Waals surface area (Å²) in [6.07, 6.45) is 12.7. The Morgan fingerprint density at radius 1 is 1.06 bits per heavy atom. The molecule has 3 aliphatic rings. The third-order valence-corrected chi connectivity index (χ3v) is 7.36. The molecule has 1 amide bonds. The topological polar surface area (TPSA) is 51.2 Å². The van der Waals surface area contributed by atoms with E-state index in [0.29, 0.717) is 12.1 Å². The second kappa shape index (κ2) is 10.7. The van der Waals surface area contributed by atoms with E-state index in [0.717, 1.165) is 38.9 Å². The van der Waals surface area contributed by atoms with E-state index in [-0.39, 0.29) is 12.1 Å². The number of carbonyl (C=O) groups excluding carboxylic acids is 1. The highest BCUT2D eigenvalue weighted by atomic mass is 16.1. The van der Waals surface area contributed by atoms with Gasteiger partial charge in [0.2, 0.25) is 5.91 Å². The lowest BCUT2D eigenvalue weighted by atomic mass is 9.90. The Bertz CT molecular complexity index is 1160. The molecule has 2 heterocycles. The second-order valence-corrected chi connectivity index (χ2v) is 10.5. The van der Waals surface area contributed by atoms with Gasteiger partial charge in [-0.2, -0.15) is 0 Å². The Balaban J connectivity index is 1.36. The third kappa shape index (κ3) is 5.54. The number of fused-ring (bicyclic) bond motifs is 1. The van der Waals surface area contributed by atoms with Crippen molar-refractivity contribution < 1.29 is 4.79 Å². The molecule has 2 aliphatic heterocycles. The molecule has 1 N–H and O–H groups in total. The van der Waals surface area contributed by atoms with E-state index in [2.05, 4.69) is 94.9 Å². The van der Waals surface area contributed by atoms with Crippen molar-refractivity contribution in [3.05, 3.63) is 78.0 Å². The first-order valence-corrected chi connectivity index (χ1v) is 13.0. The molecule has 1 atom stereocenters. The number of anilines is 1. The first-order valence-electron chi connectivity index (χ1n) is 13.0. The average Bonchev–Trinajstić information content (AvgIpc) is 2.88. The fourth-order valence-corrected chi connectivity index (χ4v) is 5.63. The summed E-state index contributed by atoms with van der Waals surface area (Å²) in [5, 5.41) is 3.10. The minimum atomic E-state index is -0.000291. The van der Waals surface area contributed by atoms with Crippen LogP contribution in [0.5, 0.6) is 0 Å². The summed E-state index contributed by atoms with van der Waals surface area (Å²) < 4.78 is 0. The summed E-state index contributed by atoms with van der Waals surface area (Å²) in [6, 6.07) is 18.5. The first-order chi connectivity index (χ1) is 17.5. The molecule has 6 heteroatoms. The Morgan fingerprint density at radius 2 is 1.83 bits per heavy atom. The normalized spacial score (nSPS) is 23.4. The maximum absolute atomic E-state index is 11.5. The molecule has 0 aromatic heterocycles. The lowest BCUT2D eigenvalue weighted by molar-refractivity contribution is -0.119. The molecule has 0 spiro atoms. The van der Waals surface area contributed by atoms with Crippen LogP contribution in [0.4, 0.5) is 5.69 Å². The second-order valence-electron chi connectivity index (χ2n) is 10.5. The predicted molar refractivity (Wildman–Crippen MR) is 148 cm³/mol. The molecule has 1 fully saturated rings. The number of rotatable bonds is 6. The summed E-state index contributed by atoms with van der Waals surface area (Å²) in [5.74, 6) is 0.0741. The van der Waals surface area contributed by atoms with Crippen molar-refractivity contribution in [3.63, 3.8) is 0 Å². The molecule has 188 valence electrons. The molecule has 0 bridgehead atoms. The van der Waals surface area contributed by atoms with Crippen LogP contribution in [-0.4, -0.2) is 60.9 Å². The lowest BCUT2D eigenvalue weighted by Crippen LogP contribution is -2.51. The van der Waals surface area contributed by atoms with Gasteiger partial charge in [0.25, 0.3) is 0 Å². The molecular formula is C30H37N5O. The van der Waals surface area contributed by atoms with Crippen LogP contribution in [0.15, 0.2) is 77.4 Å². The molecule has 2 aromatic rings. The van der Waals surface area contributed by atoms with Crippen LogP contribution < -0.4 is 10.2 Å². The number of hydrogen-bond acceptors (Lipinski definition) is 5. The van der Waals surface area contributed by atoms with Crippen LogP contribution >= 0.6 is 0 Å². The van der Waals surface area contributed by atoms with Crippen LogP contribution in [0.3, 0.4) is 0 Å². The Labute approximate surface area is 215 Å². The minimum absolute atomic E-state index is 0.000291. The predicted octanol–water partition coefficient (Wildman–Crippen LogP) is 4.79. The van der Waals surface area contributed by atoms with E-state index < -0.39 is 0 Å². The molecule has 1 unspecified atom stereocenters. The van der Waals surface area contributed by atoms with Crippen LogP contribution in [-0.2, 0) is 11.3 Å². The number of nitrogens with zero attached hydrogens (tertiary/aromatic N) is 4. The maximum Gasteiger partial charge on any atom is 0.217 e. The van der Waals surface area contributed by atoms with Crippen molar-refractivity contribution in [2.45, 2.75) is 57.4 Å². The zero-order chi connectivity index (χ0) is 25.1. The Morgan fingerprint density at radius 3 is 2.56 bits per heavy atom. The van der Waals surface area contributed by atoms with Crippen molar-refractivity contribution in [1.82, 2.24) is 15.1 Å². The van der Waals surface area contributed by atoms with Crippen molar-refractivity contribution in [1.29, 1.82) is 0 Å². The molecule has 0 saturated heterocycles. The van der Waals surface area contributed by atoms with Gasteiger partial charge in [-0.3, -0.25) is 9.79 Å². The lowest BCUT2D eigenvalue weighted by Gasteiger charge is -2.46. The van der Waals surface area contributed by atoms with Crippen LogP contribution in [0.25, 0.3) is 11.1 Å². The highest BCUT2D eigenvalue weighted by Crippen LogP contribution is 2.34. The molecule has 5 rings (SSSR count). The van der Waals surface area contributed by atoms with Gasteiger partial charge in [-0.15, -0.1) is 0 Å². The monoisotopic (exact) mass is 483 g/mol. The highest BCUT2D eigenvalue weighted by Gasteiger charge is 2.33. The quantitative estimate of drug-likeness (QED) is 0.642. The summed E-state index contributed by atoms with van der Waals surface area (Å²) >= 11 is 0. The number of nitrogens with one attached hydrogen (secondary N) is 1. The van der Waals surface area contributed by atoms with Gasteiger partial charge in [-0.25, -0.2) is 0 Å². The van der Waals surface area contributed by atoms with Gasteiger partial charge < -0.3 is 20.0 Å². The van der Waals surface area contributed by atoms with Crippen molar-refractivity contribution in [2.75, 3.05) is 25.7 Å². The van der Waals surface area contributed by atoms with Crippen molar-refractivity contribution >= 4 is 17.8 Å². The number of benzene rings is 2. The van der Waals surface area contributed by atoms with Crippen molar-refractivity contribution in [2.24, 2.45) is 4.99 Å². The number of hydrogen-bond donors (Lipinski definition) is 1. The molecular weight excluding hydrogens is 446 g/mol. The van der Waals surface area contributed by atoms with Gasteiger partial charge in [-0.1, -0.05) is 42.5 Å². The number of dihydropyridines is 1. The van der Waals surface area contributed by atoms with E-state index in [9.17, 15) is 4.79 Å². The smallest absolute Gasteiger partial charge is 0.217 e. The SMILES string of the molecule is CC(=O)NC1CCC(N2C=C3C=CC=NC3N(c3cccc(-c4ccc(CN(C)C)cc4)c3)C2)CC1. The Kier molecular flexibility index (Phi) is 7.23. The zero-order valence-corrected chi connectivity index (χ0v) is 21.6. The Hall–Kier alpha value is -3.38. The van der Waals surface area contributed by atoms with Gasteiger partial charge in [0.15, 0.2) is 0 Å². The molecule has 1 saturated carbocycles. The molecule has 2 aromatic carbocycles. The van der Waals surface area contributed by atoms with Crippen LogP contribution in [0, 0.1) is 0 Å². The molecule has 0 radical (unpaired) electrons. The largest absolute Gasteiger partial charge is 0.357 e. The maximum atomic E-state index is 11.5. The molecule has 36 heavy (non-hydrogen) atoms. The summed E-state index contributed by atoms with van der Waals surface area (Å²) in [6.45, 7) is 3.36. The number of carbonyl (C=O) groups is 1. The van der Waals surface area contributed by atoms with Crippen molar-refractivity contribution in [3.8, 4) is 11.1 Å². The standard InChI is InChI=1S/C30H37N5O/c1-22(36)32-27-13-15-28(16-14-27)34-20-26-7-5-17-31-30(26)35(21-34)29-8-4-6-25(18-29)24-11-9-23(10-12-24)19-33(2)3/h4-12,17-18,20,27-28,30H,13-16,19,21H2,1-3H3,(H,32,36). The zero-order valence-electron chi connectivity index (χ0n) is 21.6. The molecule has 1 aliphatic carbocycles. The number of amides is 1. The average molecular weight is 484 g/mol. The summed E-state index contributed by atoms with van der Waals surface area (Å²) in [4.78, 5) is 23.4. The van der Waals surface area contributed by atoms with Crippen LogP contribution in [0.2, 0.25) is 0 Å². The van der Waals surface area contributed by atoms with E-state index in [1.807, 2.05) is 12.3 Å². The van der Waals surface area contributed by atoms with E-state index >= 15 is 0 Å². The fourth-order valence-electron chi connectivity index (χ4n) is 5.63. The number of allylic oxidation sites excluding steroid dienone is 1. The van der Waals surface area contributed by atoms with E-state index in [1.165, 1.54) is 28.0 Å². The summed E-state index contributed by atoms with van der Waals surface area (Å²) in [5.41, 5.74) is 6.18. The third-order valence-electron chi connectivity index (χ3n) is 7.36. The van der Waals surface area contributed by atoms with Crippen LogP contribution in [0.1, 0.15) is 38.2 Å². The van der Waals surface area contributed by atoms with E-state index in [1.54, 1.807) is 6.92 Å². The number of aliphatic imine (C=N–C) groups is 1.